The van der Waals surface area contributed by atoms with Gasteiger partial charge in [-0.2, -0.15) is 0 Å². The lowest BCUT2D eigenvalue weighted by atomic mass is 10.1. The van der Waals surface area contributed by atoms with Gasteiger partial charge in [-0.15, -0.1) is 0 Å². The fourth-order valence-corrected chi connectivity index (χ4v) is 3.95. The number of anilines is 2. The molecule has 9 nitrogen and oxygen atoms in total. The van der Waals surface area contributed by atoms with Crippen molar-refractivity contribution in [3.05, 3.63) is 81.9 Å². The molecule has 0 amide bonds. The maximum absolute atomic E-state index is 12.8. The normalized spacial score (nSPS) is 13.8. The van der Waals surface area contributed by atoms with Crippen molar-refractivity contribution in [1.82, 2.24) is 9.55 Å². The summed E-state index contributed by atoms with van der Waals surface area (Å²) in [5.41, 5.74) is 2.74. The number of carbonyl (C=O) groups is 1. The molecule has 166 valence electrons. The number of hydrogen-bond donors (Lipinski definition) is 0. The molecule has 0 bridgehead atoms. The predicted molar refractivity (Wildman–Crippen MR) is 121 cm³/mol. The molecule has 1 aliphatic rings. The minimum Gasteiger partial charge on any atom is -0.378 e. The highest BCUT2D eigenvalue weighted by Crippen LogP contribution is 2.32. The number of aromatic nitrogens is 2. The van der Waals surface area contributed by atoms with Crippen LogP contribution in [0.1, 0.15) is 21.7 Å². The first-order valence-electron chi connectivity index (χ1n) is 10.4. The maximum atomic E-state index is 12.8. The summed E-state index contributed by atoms with van der Waals surface area (Å²) in [5, 5.41) is 11.8. The van der Waals surface area contributed by atoms with Gasteiger partial charge in [-0.3, -0.25) is 14.9 Å². The Morgan fingerprint density at radius 2 is 1.97 bits per heavy atom. The van der Waals surface area contributed by atoms with Crippen LogP contribution in [0.3, 0.4) is 0 Å². The highest BCUT2D eigenvalue weighted by atomic mass is 16.6. The number of nitro benzene ring substituents is 1. The lowest BCUT2D eigenvalue weighted by molar-refractivity contribution is -0.384. The van der Waals surface area contributed by atoms with Crippen LogP contribution in [0.5, 0.6) is 0 Å². The van der Waals surface area contributed by atoms with Gasteiger partial charge in [-0.05, 0) is 23.8 Å². The van der Waals surface area contributed by atoms with Gasteiger partial charge < -0.3 is 19.1 Å². The molecule has 2 aromatic carbocycles. The Hall–Kier alpha value is -3.72. The molecule has 0 atom stereocenters. The molecule has 2 heterocycles. The average Bonchev–Trinajstić information content (AvgIpc) is 3.24. The number of ether oxygens (including phenoxy) is 1. The molecule has 3 aromatic rings. The number of imidazole rings is 1. The van der Waals surface area contributed by atoms with Gasteiger partial charge >= 0.3 is 0 Å². The van der Waals surface area contributed by atoms with Crippen molar-refractivity contribution < 1.29 is 14.5 Å². The summed E-state index contributed by atoms with van der Waals surface area (Å²) in [7, 11) is 3.53. The van der Waals surface area contributed by atoms with E-state index in [1.54, 1.807) is 29.9 Å². The summed E-state index contributed by atoms with van der Waals surface area (Å²) in [6.07, 6.45) is 3.19. The first-order valence-corrected chi connectivity index (χ1v) is 10.4. The molecule has 0 N–H and O–H groups in total. The Bertz CT molecular complexity index is 1140. The van der Waals surface area contributed by atoms with Gasteiger partial charge in [0.25, 0.3) is 5.69 Å². The summed E-state index contributed by atoms with van der Waals surface area (Å²) in [5.74, 6) is -0.118. The summed E-state index contributed by atoms with van der Waals surface area (Å²) >= 11 is 0. The third-order valence-electron chi connectivity index (χ3n) is 5.62. The second kappa shape index (κ2) is 9.19. The van der Waals surface area contributed by atoms with Crippen LogP contribution in [0, 0.1) is 10.1 Å². The van der Waals surface area contributed by atoms with E-state index < -0.39 is 4.92 Å². The molecule has 1 saturated heterocycles. The summed E-state index contributed by atoms with van der Waals surface area (Å²) in [6, 6.07) is 12.6. The second-order valence-electron chi connectivity index (χ2n) is 7.74. The Kier molecular flexibility index (Phi) is 6.18. The van der Waals surface area contributed by atoms with Gasteiger partial charge in [0.2, 0.25) is 5.78 Å². The van der Waals surface area contributed by atoms with Crippen molar-refractivity contribution in [2.75, 3.05) is 43.2 Å². The van der Waals surface area contributed by atoms with E-state index in [0.29, 0.717) is 25.4 Å². The molecule has 9 heteroatoms. The number of rotatable bonds is 7. The quantitative estimate of drug-likeness (QED) is 0.320. The molecule has 32 heavy (non-hydrogen) atoms. The Morgan fingerprint density at radius 1 is 1.22 bits per heavy atom. The molecule has 4 rings (SSSR count). The summed E-state index contributed by atoms with van der Waals surface area (Å²) < 4.78 is 7.05. The summed E-state index contributed by atoms with van der Waals surface area (Å²) in [6.45, 7) is 3.47. The van der Waals surface area contributed by atoms with E-state index in [0.717, 1.165) is 24.3 Å². The van der Waals surface area contributed by atoms with Gasteiger partial charge in [0.15, 0.2) is 5.82 Å². The van der Waals surface area contributed by atoms with E-state index in [4.69, 9.17) is 4.74 Å². The molecule has 0 aliphatic carbocycles. The third kappa shape index (κ3) is 4.33. The van der Waals surface area contributed by atoms with Crippen molar-refractivity contribution in [1.29, 1.82) is 0 Å². The first kappa shape index (κ1) is 21.5. The number of carbonyl (C=O) groups excluding carboxylic acids is 1. The monoisotopic (exact) mass is 435 g/mol. The fraction of sp³-hybridized carbons (Fsp3) is 0.304. The molecule has 0 unspecified atom stereocenters. The van der Waals surface area contributed by atoms with Crippen LogP contribution in [0.15, 0.2) is 54.9 Å². The Morgan fingerprint density at radius 3 is 2.66 bits per heavy atom. The number of benzene rings is 2. The lowest BCUT2D eigenvalue weighted by Crippen LogP contribution is -2.37. The Balaban J connectivity index is 1.62. The van der Waals surface area contributed by atoms with E-state index in [-0.39, 0.29) is 22.9 Å². The smallest absolute Gasteiger partial charge is 0.293 e. The zero-order chi connectivity index (χ0) is 22.7. The third-order valence-corrected chi connectivity index (χ3v) is 5.62. The minimum absolute atomic E-state index is 0.114. The van der Waals surface area contributed by atoms with Crippen molar-refractivity contribution in [2.24, 2.45) is 7.05 Å². The number of morpholine rings is 1. The number of hydrogen-bond acceptors (Lipinski definition) is 7. The minimum atomic E-state index is -0.449. The van der Waals surface area contributed by atoms with Crippen molar-refractivity contribution in [2.45, 2.75) is 6.54 Å². The highest BCUT2D eigenvalue weighted by Gasteiger charge is 2.23. The van der Waals surface area contributed by atoms with E-state index in [9.17, 15) is 14.9 Å². The van der Waals surface area contributed by atoms with Gasteiger partial charge in [-0.1, -0.05) is 18.2 Å². The first-order chi connectivity index (χ1) is 15.5. The SMILES string of the molecule is CN(Cc1ccccc1N1CCOCC1)c1ccc(C(=O)c2nccn2C)cc1[N+](=O)[O-]. The van der Waals surface area contributed by atoms with E-state index in [1.807, 2.05) is 30.1 Å². The second-order valence-corrected chi connectivity index (χ2v) is 7.74. The van der Waals surface area contributed by atoms with Crippen LogP contribution in [-0.4, -0.2) is 53.6 Å². The number of aryl methyl sites for hydroxylation is 1. The van der Waals surface area contributed by atoms with Crippen LogP contribution >= 0.6 is 0 Å². The van der Waals surface area contributed by atoms with Gasteiger partial charge in [0.05, 0.1) is 18.1 Å². The van der Waals surface area contributed by atoms with Crippen molar-refractivity contribution in [3.63, 3.8) is 0 Å². The molecule has 0 spiro atoms. The zero-order valence-corrected chi connectivity index (χ0v) is 18.1. The summed E-state index contributed by atoms with van der Waals surface area (Å²) in [4.78, 5) is 32.3. The van der Waals surface area contributed by atoms with E-state index in [2.05, 4.69) is 16.0 Å². The van der Waals surface area contributed by atoms with Crippen molar-refractivity contribution >= 4 is 22.8 Å². The van der Waals surface area contributed by atoms with E-state index in [1.165, 1.54) is 12.3 Å². The number of ketones is 1. The van der Waals surface area contributed by atoms with Crippen LogP contribution in [0.2, 0.25) is 0 Å². The molecule has 1 aliphatic heterocycles. The fourth-order valence-electron chi connectivity index (χ4n) is 3.95. The zero-order valence-electron chi connectivity index (χ0n) is 18.1. The molecule has 0 radical (unpaired) electrons. The highest BCUT2D eigenvalue weighted by molar-refractivity contribution is 6.07. The van der Waals surface area contributed by atoms with Gasteiger partial charge in [0.1, 0.15) is 5.69 Å². The van der Waals surface area contributed by atoms with Gasteiger partial charge in [-0.25, -0.2) is 4.98 Å². The largest absolute Gasteiger partial charge is 0.378 e. The number of para-hydroxylation sites is 1. The van der Waals surface area contributed by atoms with Crippen molar-refractivity contribution in [3.8, 4) is 0 Å². The maximum Gasteiger partial charge on any atom is 0.293 e. The lowest BCUT2D eigenvalue weighted by Gasteiger charge is -2.31. The number of nitro groups is 1. The van der Waals surface area contributed by atoms with Crippen LogP contribution in [0.25, 0.3) is 0 Å². The molecular weight excluding hydrogens is 410 g/mol. The topological polar surface area (TPSA) is 93.7 Å². The molecular formula is C23H25N5O4. The Labute approximate surface area is 186 Å². The number of nitrogens with zero attached hydrogens (tertiary/aromatic N) is 5. The van der Waals surface area contributed by atoms with Crippen LogP contribution < -0.4 is 9.80 Å². The van der Waals surface area contributed by atoms with Crippen LogP contribution in [-0.2, 0) is 18.3 Å². The molecule has 0 saturated carbocycles. The predicted octanol–water partition coefficient (Wildman–Crippen LogP) is 3.03. The standard InChI is InChI=1S/C23H25N5O4/c1-25-10-9-24-23(25)22(29)17-7-8-20(21(15-17)28(30)31)26(2)16-18-5-3-4-6-19(18)27-11-13-32-14-12-27/h3-10,15H,11-14,16H2,1-2H3. The van der Waals surface area contributed by atoms with Gasteiger partial charge in [0, 0.05) is 63.4 Å². The molecule has 1 fully saturated rings. The average molecular weight is 435 g/mol. The van der Waals surface area contributed by atoms with E-state index >= 15 is 0 Å². The molecule has 1 aromatic heterocycles. The van der Waals surface area contributed by atoms with Crippen LogP contribution in [0.4, 0.5) is 17.1 Å².